The first-order valence-electron chi connectivity index (χ1n) is 10.5. The third kappa shape index (κ3) is 2.25. The largest absolute Gasteiger partial charge is 0.195 e. The molecule has 3 heterocycles. The maximum atomic E-state index is 2.53. The number of hydrogen-bond acceptors (Lipinski definition) is 0. The second-order valence-corrected chi connectivity index (χ2v) is 8.52. The van der Waals surface area contributed by atoms with Gasteiger partial charge in [0.15, 0.2) is 17.9 Å². The van der Waals surface area contributed by atoms with E-state index in [4.69, 9.17) is 0 Å². The van der Waals surface area contributed by atoms with Gasteiger partial charge >= 0.3 is 0 Å². The van der Waals surface area contributed by atoms with E-state index in [1.165, 1.54) is 33.5 Å². The molecule has 0 N–H and O–H groups in total. The Kier molecular flexibility index (Phi) is 3.55. The van der Waals surface area contributed by atoms with Gasteiger partial charge in [-0.25, -0.2) is 0 Å². The van der Waals surface area contributed by atoms with Crippen molar-refractivity contribution in [2.45, 2.75) is 30.7 Å². The minimum atomic E-state index is -0.0602. The monoisotopic (exact) mass is 374 g/mol. The van der Waals surface area contributed by atoms with Crippen molar-refractivity contribution >= 4 is 0 Å². The fourth-order valence-electron chi connectivity index (χ4n) is 5.90. The smallest absolute Gasteiger partial charge is 0.190 e. The van der Waals surface area contributed by atoms with Crippen LogP contribution in [0.3, 0.4) is 0 Å². The van der Waals surface area contributed by atoms with Gasteiger partial charge in [-0.2, -0.15) is 4.57 Å². The molecule has 1 aromatic heterocycles. The maximum Gasteiger partial charge on any atom is 0.190 e. The molecule has 0 saturated heterocycles. The predicted molar refractivity (Wildman–Crippen MR) is 116 cm³/mol. The van der Waals surface area contributed by atoms with Gasteiger partial charge in [0, 0.05) is 29.5 Å². The van der Waals surface area contributed by atoms with Crippen molar-refractivity contribution in [2.24, 2.45) is 0 Å². The number of aryl methyl sites for hydroxylation is 1. The van der Waals surface area contributed by atoms with Gasteiger partial charge in [-0.1, -0.05) is 84.9 Å². The Morgan fingerprint density at radius 3 is 1.97 bits per heavy atom. The van der Waals surface area contributed by atoms with Crippen molar-refractivity contribution in [3.63, 3.8) is 0 Å². The molecule has 0 amide bonds. The Morgan fingerprint density at radius 1 is 0.724 bits per heavy atom. The predicted octanol–water partition coefficient (Wildman–Crippen LogP) is 5.71. The van der Waals surface area contributed by atoms with E-state index in [2.05, 4.69) is 115 Å². The number of rotatable bonds is 2. The van der Waals surface area contributed by atoms with Crippen LogP contribution in [0.25, 0.3) is 0 Å². The van der Waals surface area contributed by atoms with Crippen LogP contribution >= 0.6 is 0 Å². The van der Waals surface area contributed by atoms with Crippen LogP contribution in [0.15, 0.2) is 103 Å². The Balaban J connectivity index is 1.73. The van der Waals surface area contributed by atoms with Crippen molar-refractivity contribution in [1.29, 1.82) is 0 Å². The summed E-state index contributed by atoms with van der Waals surface area (Å²) in [6.07, 6.45) is 3.39. The van der Waals surface area contributed by atoms with E-state index >= 15 is 0 Å². The Morgan fingerprint density at radius 2 is 1.31 bits per heavy atom. The van der Waals surface area contributed by atoms with Gasteiger partial charge in [0.1, 0.15) is 0 Å². The molecule has 2 atom stereocenters. The zero-order chi connectivity index (χ0) is 19.4. The number of benzene rings is 3. The average molecular weight is 375 g/mol. The zero-order valence-electron chi connectivity index (χ0n) is 16.6. The molecule has 0 radical (unpaired) electrons. The molecule has 7 rings (SSSR count). The highest BCUT2D eigenvalue weighted by atomic mass is 15.0. The second-order valence-electron chi connectivity index (χ2n) is 8.52. The van der Waals surface area contributed by atoms with Crippen molar-refractivity contribution in [3.05, 3.63) is 137 Å². The highest BCUT2D eigenvalue weighted by Crippen LogP contribution is 2.59. The molecule has 1 aliphatic carbocycles. The molecule has 0 saturated carbocycles. The molecule has 4 aromatic rings. The molecule has 1 heteroatoms. The molecular formula is C28H24N+. The summed E-state index contributed by atoms with van der Waals surface area (Å²) < 4.78 is 2.53. The molecule has 29 heavy (non-hydrogen) atoms. The standard InChI is InChI=1S/C28H24N/c1-20-16-17-29-25(18-20)27-24-15-9-8-14-23(24)26(29)19-28(27,21-10-4-2-5-11-21)22-12-6-3-7-13-22/h2-18,26-27H,19H2,1H3/q+1. The number of hydrogen-bond donors (Lipinski definition) is 0. The first-order chi connectivity index (χ1) is 14.3. The van der Waals surface area contributed by atoms with E-state index in [9.17, 15) is 0 Å². The Bertz CT molecular complexity index is 1150. The molecule has 2 bridgehead atoms. The maximum absolute atomic E-state index is 2.53. The third-order valence-corrected chi connectivity index (χ3v) is 7.06. The quantitative estimate of drug-likeness (QED) is 0.396. The molecule has 3 aliphatic rings. The van der Waals surface area contributed by atoms with Crippen molar-refractivity contribution in [3.8, 4) is 0 Å². The van der Waals surface area contributed by atoms with Crippen LogP contribution < -0.4 is 4.57 Å². The van der Waals surface area contributed by atoms with Crippen LogP contribution in [-0.4, -0.2) is 0 Å². The van der Waals surface area contributed by atoms with Crippen molar-refractivity contribution in [2.75, 3.05) is 0 Å². The molecule has 1 nitrogen and oxygen atoms in total. The lowest BCUT2D eigenvalue weighted by Crippen LogP contribution is -2.60. The number of nitrogens with zero attached hydrogens (tertiary/aromatic N) is 1. The van der Waals surface area contributed by atoms with Crippen LogP contribution in [-0.2, 0) is 5.41 Å². The van der Waals surface area contributed by atoms with E-state index < -0.39 is 0 Å². The minimum Gasteiger partial charge on any atom is -0.195 e. The average Bonchev–Trinajstić information content (AvgIpc) is 2.80. The molecule has 0 spiro atoms. The number of fused-ring (bicyclic) bond motifs is 1. The van der Waals surface area contributed by atoms with Gasteiger partial charge in [0.2, 0.25) is 0 Å². The summed E-state index contributed by atoms with van der Waals surface area (Å²) in [5.74, 6) is 0.299. The highest BCUT2D eigenvalue weighted by molar-refractivity contribution is 5.55. The van der Waals surface area contributed by atoms with Gasteiger partial charge in [-0.3, -0.25) is 0 Å². The van der Waals surface area contributed by atoms with Crippen molar-refractivity contribution in [1.82, 2.24) is 0 Å². The summed E-state index contributed by atoms with van der Waals surface area (Å²) in [4.78, 5) is 0. The highest BCUT2D eigenvalue weighted by Gasteiger charge is 2.59. The van der Waals surface area contributed by atoms with Crippen LogP contribution in [0.5, 0.6) is 0 Å². The van der Waals surface area contributed by atoms with E-state index in [0.29, 0.717) is 12.0 Å². The van der Waals surface area contributed by atoms with Crippen LogP contribution in [0.1, 0.15) is 51.9 Å². The van der Waals surface area contributed by atoms with Crippen LogP contribution in [0.4, 0.5) is 0 Å². The fraction of sp³-hybridized carbons (Fsp3) is 0.179. The zero-order valence-corrected chi connectivity index (χ0v) is 16.6. The molecular weight excluding hydrogens is 350 g/mol. The lowest BCUT2D eigenvalue weighted by molar-refractivity contribution is -0.732. The Hall–Kier alpha value is -3.19. The number of aromatic nitrogens is 1. The summed E-state index contributed by atoms with van der Waals surface area (Å²) in [7, 11) is 0. The van der Waals surface area contributed by atoms with Gasteiger partial charge in [-0.15, -0.1) is 0 Å². The van der Waals surface area contributed by atoms with Crippen LogP contribution in [0.2, 0.25) is 0 Å². The van der Waals surface area contributed by atoms with Crippen molar-refractivity contribution < 1.29 is 4.57 Å². The SMILES string of the molecule is Cc1cc[n+]2c(c1)C1c3ccccc3C2CC1(c1ccccc1)c1ccccc1. The summed E-state index contributed by atoms with van der Waals surface area (Å²) in [6.45, 7) is 2.21. The summed E-state index contributed by atoms with van der Waals surface area (Å²) >= 11 is 0. The fourth-order valence-corrected chi connectivity index (χ4v) is 5.90. The first kappa shape index (κ1) is 16.7. The molecule has 0 fully saturated rings. The van der Waals surface area contributed by atoms with E-state index in [0.717, 1.165) is 6.42 Å². The minimum absolute atomic E-state index is 0.0602. The molecule has 2 aliphatic heterocycles. The third-order valence-electron chi connectivity index (χ3n) is 7.06. The van der Waals surface area contributed by atoms with Crippen LogP contribution in [0, 0.1) is 6.92 Å². The lowest BCUT2D eigenvalue weighted by atomic mass is 9.53. The molecule has 2 unspecified atom stereocenters. The summed E-state index contributed by atoms with van der Waals surface area (Å²) in [6, 6.07) is 36.5. The lowest BCUT2D eigenvalue weighted by Gasteiger charge is -2.50. The number of pyridine rings is 1. The summed E-state index contributed by atoms with van der Waals surface area (Å²) in [5.41, 5.74) is 8.52. The molecule has 140 valence electrons. The molecule has 3 aromatic carbocycles. The van der Waals surface area contributed by atoms with Gasteiger partial charge in [0.05, 0.1) is 5.92 Å². The summed E-state index contributed by atoms with van der Waals surface area (Å²) in [5, 5.41) is 0. The van der Waals surface area contributed by atoms with E-state index in [1.54, 1.807) is 0 Å². The van der Waals surface area contributed by atoms with Gasteiger partial charge < -0.3 is 0 Å². The Labute approximate surface area is 172 Å². The first-order valence-corrected chi connectivity index (χ1v) is 10.5. The van der Waals surface area contributed by atoms with Gasteiger partial charge in [-0.05, 0) is 29.2 Å². The topological polar surface area (TPSA) is 3.88 Å². The second kappa shape index (κ2) is 6.15. The van der Waals surface area contributed by atoms with E-state index in [-0.39, 0.29) is 5.41 Å². The van der Waals surface area contributed by atoms with Gasteiger partial charge in [0.25, 0.3) is 0 Å². The normalized spacial score (nSPS) is 20.7. The van der Waals surface area contributed by atoms with E-state index in [1.807, 2.05) is 0 Å².